The Morgan fingerprint density at radius 3 is 2.32 bits per heavy atom. The van der Waals surface area contributed by atoms with Crippen LogP contribution < -0.4 is 20.1 Å². The minimum absolute atomic E-state index is 0.0453. The molecule has 2 N–H and O–H groups in total. The zero-order valence-corrected chi connectivity index (χ0v) is 21.9. The molecule has 0 saturated carbocycles. The quantitative estimate of drug-likeness (QED) is 0.490. The van der Waals surface area contributed by atoms with Gasteiger partial charge < -0.3 is 20.1 Å². The highest BCUT2D eigenvalue weighted by Gasteiger charge is 2.40. The van der Waals surface area contributed by atoms with Gasteiger partial charge in [0.05, 0.1) is 17.3 Å². The number of hydrogen-bond acceptors (Lipinski definition) is 6. The summed E-state index contributed by atoms with van der Waals surface area (Å²) < 4.78 is 25.7. The Bertz CT molecular complexity index is 1320. The van der Waals surface area contributed by atoms with Crippen LogP contribution in [0.4, 0.5) is 10.1 Å². The molecule has 7 nitrogen and oxygen atoms in total. The summed E-state index contributed by atoms with van der Waals surface area (Å²) >= 11 is 3.53. The maximum Gasteiger partial charge on any atom is 0.262 e. The van der Waals surface area contributed by atoms with Crippen molar-refractivity contribution in [3.63, 3.8) is 0 Å². The lowest BCUT2D eigenvalue weighted by atomic mass is 9.71. The molecule has 1 heterocycles. The second-order valence-corrected chi connectivity index (χ2v) is 10.1. The molecule has 1 amide bonds. The van der Waals surface area contributed by atoms with Gasteiger partial charge in [-0.2, -0.15) is 0 Å². The van der Waals surface area contributed by atoms with Gasteiger partial charge in [-0.05, 0) is 71.4 Å². The first-order valence-electron chi connectivity index (χ1n) is 12.2. The molecular weight excluding hydrogens is 543 g/mol. The number of allylic oxidation sites excluding steroid dienone is 4. The number of carbonyl (C=O) groups is 3. The number of ketones is 2. The zero-order chi connectivity index (χ0) is 26.1. The third kappa shape index (κ3) is 4.92. The summed E-state index contributed by atoms with van der Waals surface area (Å²) in [4.78, 5) is 38.6. The molecule has 0 atom stereocenters. The van der Waals surface area contributed by atoms with Gasteiger partial charge in [0.2, 0.25) is 0 Å². The molecule has 9 heteroatoms. The van der Waals surface area contributed by atoms with Crippen LogP contribution in [-0.2, 0) is 14.4 Å². The van der Waals surface area contributed by atoms with Gasteiger partial charge in [0.25, 0.3) is 5.91 Å². The lowest BCUT2D eigenvalue weighted by molar-refractivity contribution is -0.118. The van der Waals surface area contributed by atoms with Crippen LogP contribution in [0.2, 0.25) is 0 Å². The van der Waals surface area contributed by atoms with Crippen LogP contribution in [0.1, 0.15) is 50.0 Å². The SMILES string of the molecule is COc1cc(C2C3=C(CCCC3=O)NC3=C2C(=O)CCC3)cc(Br)c1OCC(=O)Nc1ccccc1F. The minimum atomic E-state index is -0.544. The zero-order valence-electron chi connectivity index (χ0n) is 20.3. The molecule has 2 aromatic rings. The summed E-state index contributed by atoms with van der Waals surface area (Å²) in [5.41, 5.74) is 3.88. The monoisotopic (exact) mass is 568 g/mol. The van der Waals surface area contributed by atoms with Crippen LogP contribution >= 0.6 is 15.9 Å². The van der Waals surface area contributed by atoms with E-state index in [1.165, 1.54) is 25.3 Å². The Morgan fingerprint density at radius 1 is 1.05 bits per heavy atom. The van der Waals surface area contributed by atoms with E-state index in [0.717, 1.165) is 42.6 Å². The highest BCUT2D eigenvalue weighted by atomic mass is 79.9. The second kappa shape index (κ2) is 10.5. The smallest absolute Gasteiger partial charge is 0.262 e. The van der Waals surface area contributed by atoms with Crippen molar-refractivity contribution in [3.8, 4) is 11.5 Å². The third-order valence-electron chi connectivity index (χ3n) is 6.87. The lowest BCUT2D eigenvalue weighted by Crippen LogP contribution is -2.36. The van der Waals surface area contributed by atoms with Crippen LogP contribution in [-0.4, -0.2) is 31.2 Å². The molecule has 0 fully saturated rings. The number of benzene rings is 2. The molecule has 2 aliphatic carbocycles. The fourth-order valence-electron chi connectivity index (χ4n) is 5.25. The average molecular weight is 569 g/mol. The number of rotatable bonds is 6. The first-order chi connectivity index (χ1) is 17.9. The fourth-order valence-corrected chi connectivity index (χ4v) is 5.82. The number of dihydropyridines is 1. The van der Waals surface area contributed by atoms with Gasteiger partial charge in [0.1, 0.15) is 5.82 Å². The molecule has 0 radical (unpaired) electrons. The molecule has 0 spiro atoms. The number of carbonyl (C=O) groups excluding carboxylic acids is 3. The van der Waals surface area contributed by atoms with Crippen molar-refractivity contribution < 1.29 is 28.2 Å². The summed E-state index contributed by atoms with van der Waals surface area (Å²) in [7, 11) is 1.48. The van der Waals surface area contributed by atoms with Crippen molar-refractivity contribution >= 4 is 39.1 Å². The lowest BCUT2D eigenvalue weighted by Gasteiger charge is -2.37. The first kappa shape index (κ1) is 25.2. The highest BCUT2D eigenvalue weighted by Crippen LogP contribution is 2.48. The Labute approximate surface area is 222 Å². The number of para-hydroxylation sites is 1. The van der Waals surface area contributed by atoms with E-state index in [0.29, 0.717) is 34.2 Å². The predicted molar refractivity (Wildman–Crippen MR) is 139 cm³/mol. The van der Waals surface area contributed by atoms with E-state index in [9.17, 15) is 18.8 Å². The predicted octanol–water partition coefficient (Wildman–Crippen LogP) is 5.32. The molecule has 37 heavy (non-hydrogen) atoms. The maximum atomic E-state index is 13.9. The van der Waals surface area contributed by atoms with Gasteiger partial charge >= 0.3 is 0 Å². The number of nitrogens with one attached hydrogen (secondary N) is 2. The molecule has 0 unspecified atom stereocenters. The largest absolute Gasteiger partial charge is 0.493 e. The highest BCUT2D eigenvalue weighted by molar-refractivity contribution is 9.10. The van der Waals surface area contributed by atoms with Crippen LogP contribution in [0.5, 0.6) is 11.5 Å². The van der Waals surface area contributed by atoms with Crippen molar-refractivity contribution in [1.82, 2.24) is 5.32 Å². The van der Waals surface area contributed by atoms with Gasteiger partial charge in [-0.15, -0.1) is 0 Å². The van der Waals surface area contributed by atoms with Crippen LogP contribution in [0, 0.1) is 5.82 Å². The van der Waals surface area contributed by atoms with Crippen molar-refractivity contribution in [2.45, 2.75) is 44.4 Å². The van der Waals surface area contributed by atoms with Gasteiger partial charge in [0, 0.05) is 41.3 Å². The average Bonchev–Trinajstić information content (AvgIpc) is 2.88. The number of hydrogen-bond donors (Lipinski definition) is 2. The summed E-state index contributed by atoms with van der Waals surface area (Å²) in [6.07, 6.45) is 3.98. The van der Waals surface area contributed by atoms with Crippen molar-refractivity contribution in [3.05, 3.63) is 74.8 Å². The van der Waals surface area contributed by atoms with E-state index in [4.69, 9.17) is 9.47 Å². The van der Waals surface area contributed by atoms with Crippen LogP contribution in [0.25, 0.3) is 0 Å². The minimum Gasteiger partial charge on any atom is -0.493 e. The molecule has 0 saturated heterocycles. The topological polar surface area (TPSA) is 93.7 Å². The number of anilines is 1. The van der Waals surface area contributed by atoms with E-state index in [1.54, 1.807) is 12.1 Å². The number of ether oxygens (including phenoxy) is 2. The molecule has 3 aliphatic rings. The van der Waals surface area contributed by atoms with Crippen molar-refractivity contribution in [2.24, 2.45) is 0 Å². The second-order valence-electron chi connectivity index (χ2n) is 9.25. The Hall–Kier alpha value is -3.46. The van der Waals surface area contributed by atoms with Gasteiger partial charge in [-0.25, -0.2) is 4.39 Å². The number of Topliss-reactive ketones (excluding diaryl/α,β-unsaturated/α-hetero) is 2. The first-order valence-corrected chi connectivity index (χ1v) is 13.0. The van der Waals surface area contributed by atoms with E-state index >= 15 is 0 Å². The molecule has 5 rings (SSSR count). The maximum absolute atomic E-state index is 13.9. The molecule has 2 aromatic carbocycles. The van der Waals surface area contributed by atoms with E-state index < -0.39 is 17.6 Å². The standard InChI is InChI=1S/C28H26BrFN2O5/c1-36-23-13-15(12-16(29)28(23)37-14-24(35)32-18-7-3-2-6-17(18)30)25-26-19(8-4-10-21(26)33)31-20-9-5-11-22(34)27(20)25/h2-3,6-7,12-13,25,31H,4-5,8-11,14H2,1H3,(H,32,35). The fraction of sp³-hybridized carbons (Fsp3) is 0.321. The molecular formula is C28H26BrFN2O5. The molecule has 1 aliphatic heterocycles. The Kier molecular flexibility index (Phi) is 7.15. The van der Waals surface area contributed by atoms with Gasteiger partial charge in [-0.1, -0.05) is 12.1 Å². The molecule has 0 aromatic heterocycles. The van der Waals surface area contributed by atoms with E-state index in [-0.39, 0.29) is 29.6 Å². The molecule has 192 valence electrons. The summed E-state index contributed by atoms with van der Waals surface area (Å²) in [6.45, 7) is -0.377. The van der Waals surface area contributed by atoms with Crippen molar-refractivity contribution in [2.75, 3.05) is 19.0 Å². The summed E-state index contributed by atoms with van der Waals surface area (Å²) in [5, 5.41) is 5.89. The van der Waals surface area contributed by atoms with E-state index in [1.807, 2.05) is 6.07 Å². The van der Waals surface area contributed by atoms with E-state index in [2.05, 4.69) is 26.6 Å². The number of halogens is 2. The normalized spacial score (nSPS) is 17.7. The number of amides is 1. The van der Waals surface area contributed by atoms with Crippen LogP contribution in [0.3, 0.4) is 0 Å². The van der Waals surface area contributed by atoms with Gasteiger partial charge in [0.15, 0.2) is 29.7 Å². The van der Waals surface area contributed by atoms with Crippen molar-refractivity contribution in [1.29, 1.82) is 0 Å². The Morgan fingerprint density at radius 2 is 1.70 bits per heavy atom. The Balaban J connectivity index is 1.46. The molecule has 0 bridgehead atoms. The summed E-state index contributed by atoms with van der Waals surface area (Å²) in [6, 6.07) is 9.43. The summed E-state index contributed by atoms with van der Waals surface area (Å²) in [5.74, 6) is -0.845. The number of methoxy groups -OCH3 is 1. The third-order valence-corrected chi connectivity index (χ3v) is 7.46. The van der Waals surface area contributed by atoms with Crippen LogP contribution in [0.15, 0.2) is 63.4 Å². The van der Waals surface area contributed by atoms with Gasteiger partial charge in [-0.3, -0.25) is 14.4 Å².